The Labute approximate surface area is 65.6 Å². The molecule has 0 aromatic heterocycles. The standard InChI is InChI=1S/C7H12N2O2/c1-6(8)7(10)9-2-4-11-5-3-9/h8H,2-5H2,1H3. The third-order valence-corrected chi connectivity index (χ3v) is 1.62. The molecule has 0 unspecified atom stereocenters. The van der Waals surface area contributed by atoms with Crippen molar-refractivity contribution in [1.29, 1.82) is 5.41 Å². The minimum atomic E-state index is -0.173. The first-order valence-corrected chi connectivity index (χ1v) is 3.64. The van der Waals surface area contributed by atoms with Crippen LogP contribution in [0.3, 0.4) is 0 Å². The van der Waals surface area contributed by atoms with Crippen molar-refractivity contribution >= 4 is 11.6 Å². The monoisotopic (exact) mass is 156 g/mol. The van der Waals surface area contributed by atoms with Gasteiger partial charge < -0.3 is 9.64 Å². The summed E-state index contributed by atoms with van der Waals surface area (Å²) in [4.78, 5) is 12.8. The maximum Gasteiger partial charge on any atom is 0.267 e. The second-order valence-electron chi connectivity index (χ2n) is 2.53. The van der Waals surface area contributed by atoms with Crippen LogP contribution in [0.5, 0.6) is 0 Å². The van der Waals surface area contributed by atoms with Crippen molar-refractivity contribution in [2.24, 2.45) is 0 Å². The number of nitrogens with zero attached hydrogens (tertiary/aromatic N) is 1. The maximum atomic E-state index is 11.1. The molecule has 0 atom stereocenters. The molecule has 4 heteroatoms. The van der Waals surface area contributed by atoms with Crippen LogP contribution in [0.2, 0.25) is 0 Å². The van der Waals surface area contributed by atoms with Crippen LogP contribution in [0.25, 0.3) is 0 Å². The first-order chi connectivity index (χ1) is 5.22. The van der Waals surface area contributed by atoms with Crippen LogP contribution in [0.1, 0.15) is 6.92 Å². The predicted octanol–water partition coefficient (Wildman–Crippen LogP) is -0.115. The molecule has 1 fully saturated rings. The van der Waals surface area contributed by atoms with Crippen LogP contribution < -0.4 is 0 Å². The Balaban J connectivity index is 2.45. The number of amides is 1. The Bertz CT molecular complexity index is 173. The van der Waals surface area contributed by atoms with Crippen LogP contribution >= 0.6 is 0 Å². The molecular formula is C7H12N2O2. The van der Waals surface area contributed by atoms with Crippen molar-refractivity contribution in [3.8, 4) is 0 Å². The SMILES string of the molecule is CC(=N)C(=O)N1CCOCC1. The van der Waals surface area contributed by atoms with E-state index < -0.39 is 0 Å². The molecule has 0 radical (unpaired) electrons. The summed E-state index contributed by atoms with van der Waals surface area (Å²) in [5.41, 5.74) is 0.104. The molecule has 0 aromatic carbocycles. The second-order valence-corrected chi connectivity index (χ2v) is 2.53. The number of ether oxygens (including phenoxy) is 1. The van der Waals surface area contributed by atoms with Gasteiger partial charge in [0.15, 0.2) is 0 Å². The van der Waals surface area contributed by atoms with Gasteiger partial charge in [0.1, 0.15) is 0 Å². The third kappa shape index (κ3) is 2.01. The molecule has 62 valence electrons. The van der Waals surface area contributed by atoms with E-state index in [-0.39, 0.29) is 11.6 Å². The van der Waals surface area contributed by atoms with Crippen LogP contribution in [0.15, 0.2) is 0 Å². The fraction of sp³-hybridized carbons (Fsp3) is 0.714. The van der Waals surface area contributed by atoms with E-state index in [0.29, 0.717) is 26.3 Å². The van der Waals surface area contributed by atoms with Gasteiger partial charge in [0.05, 0.1) is 18.9 Å². The second kappa shape index (κ2) is 3.48. The molecule has 0 aliphatic carbocycles. The average molecular weight is 156 g/mol. The summed E-state index contributed by atoms with van der Waals surface area (Å²) < 4.78 is 5.07. The highest BCUT2D eigenvalue weighted by atomic mass is 16.5. The zero-order valence-corrected chi connectivity index (χ0v) is 6.59. The number of nitrogens with one attached hydrogen (secondary N) is 1. The fourth-order valence-electron chi connectivity index (χ4n) is 1.00. The van der Waals surface area contributed by atoms with Gasteiger partial charge in [0.2, 0.25) is 0 Å². The minimum absolute atomic E-state index is 0.104. The van der Waals surface area contributed by atoms with E-state index in [1.807, 2.05) is 0 Å². The van der Waals surface area contributed by atoms with Crippen molar-refractivity contribution in [3.05, 3.63) is 0 Å². The first kappa shape index (κ1) is 8.20. The lowest BCUT2D eigenvalue weighted by atomic mass is 10.3. The molecule has 4 nitrogen and oxygen atoms in total. The highest BCUT2D eigenvalue weighted by Gasteiger charge is 2.17. The van der Waals surface area contributed by atoms with Crippen molar-refractivity contribution in [3.63, 3.8) is 0 Å². The number of morpholine rings is 1. The number of hydrogen-bond acceptors (Lipinski definition) is 3. The zero-order chi connectivity index (χ0) is 8.27. The topological polar surface area (TPSA) is 53.4 Å². The number of hydrogen-bond donors (Lipinski definition) is 1. The van der Waals surface area contributed by atoms with Crippen LogP contribution in [0.4, 0.5) is 0 Å². The Morgan fingerprint density at radius 2 is 2.00 bits per heavy atom. The largest absolute Gasteiger partial charge is 0.378 e. The molecule has 1 N–H and O–H groups in total. The molecule has 0 saturated carbocycles. The van der Waals surface area contributed by atoms with Gasteiger partial charge in [-0.15, -0.1) is 0 Å². The van der Waals surface area contributed by atoms with Crippen LogP contribution in [-0.4, -0.2) is 42.8 Å². The number of carbonyl (C=O) groups excluding carboxylic acids is 1. The summed E-state index contributed by atoms with van der Waals surface area (Å²) >= 11 is 0. The summed E-state index contributed by atoms with van der Waals surface area (Å²) in [7, 11) is 0. The first-order valence-electron chi connectivity index (χ1n) is 3.64. The van der Waals surface area contributed by atoms with Crippen LogP contribution in [0, 0.1) is 5.41 Å². The van der Waals surface area contributed by atoms with Gasteiger partial charge >= 0.3 is 0 Å². The molecule has 1 amide bonds. The van der Waals surface area contributed by atoms with Gasteiger partial charge in [-0.1, -0.05) is 0 Å². The Morgan fingerprint density at radius 1 is 1.45 bits per heavy atom. The van der Waals surface area contributed by atoms with Gasteiger partial charge in [0, 0.05) is 13.1 Å². The Morgan fingerprint density at radius 3 is 2.45 bits per heavy atom. The highest BCUT2D eigenvalue weighted by Crippen LogP contribution is 1.97. The smallest absolute Gasteiger partial charge is 0.267 e. The van der Waals surface area contributed by atoms with E-state index in [4.69, 9.17) is 10.1 Å². The summed E-state index contributed by atoms with van der Waals surface area (Å²) in [5, 5.41) is 7.10. The van der Waals surface area contributed by atoms with Gasteiger partial charge in [-0.2, -0.15) is 0 Å². The lowest BCUT2D eigenvalue weighted by molar-refractivity contribution is -0.128. The lowest BCUT2D eigenvalue weighted by Crippen LogP contribution is -2.43. The number of carbonyl (C=O) groups is 1. The van der Waals surface area contributed by atoms with Gasteiger partial charge in [-0.25, -0.2) is 0 Å². The molecule has 0 bridgehead atoms. The number of rotatable bonds is 1. The molecule has 0 aromatic rings. The quantitative estimate of drug-likeness (QED) is 0.538. The summed E-state index contributed by atoms with van der Waals surface area (Å²) in [5.74, 6) is -0.173. The third-order valence-electron chi connectivity index (χ3n) is 1.62. The molecule has 0 spiro atoms. The molecular weight excluding hydrogens is 144 g/mol. The molecule has 1 rings (SSSR count). The molecule has 1 saturated heterocycles. The summed E-state index contributed by atoms with van der Waals surface area (Å²) in [6.07, 6.45) is 0. The van der Waals surface area contributed by atoms with Crippen molar-refractivity contribution in [2.75, 3.05) is 26.3 Å². The highest BCUT2D eigenvalue weighted by molar-refractivity contribution is 6.36. The molecule has 11 heavy (non-hydrogen) atoms. The zero-order valence-electron chi connectivity index (χ0n) is 6.59. The minimum Gasteiger partial charge on any atom is -0.378 e. The summed E-state index contributed by atoms with van der Waals surface area (Å²) in [6, 6.07) is 0. The van der Waals surface area contributed by atoms with Crippen molar-refractivity contribution in [2.45, 2.75) is 6.92 Å². The average Bonchev–Trinajstić information content (AvgIpc) is 2.05. The van der Waals surface area contributed by atoms with E-state index in [1.165, 1.54) is 6.92 Å². The molecule has 1 aliphatic rings. The lowest BCUT2D eigenvalue weighted by Gasteiger charge is -2.26. The maximum absolute atomic E-state index is 11.1. The van der Waals surface area contributed by atoms with Crippen molar-refractivity contribution in [1.82, 2.24) is 4.90 Å². The van der Waals surface area contributed by atoms with Crippen LogP contribution in [-0.2, 0) is 9.53 Å². The fourth-order valence-corrected chi connectivity index (χ4v) is 1.00. The predicted molar refractivity (Wildman–Crippen MR) is 40.8 cm³/mol. The Kier molecular flexibility index (Phi) is 2.59. The molecule has 1 aliphatic heterocycles. The van der Waals surface area contributed by atoms with Gasteiger partial charge in [-0.3, -0.25) is 10.2 Å². The van der Waals surface area contributed by atoms with Crippen molar-refractivity contribution < 1.29 is 9.53 Å². The van der Waals surface area contributed by atoms with Gasteiger partial charge in [0.25, 0.3) is 5.91 Å². The molecule has 1 heterocycles. The normalized spacial score (nSPS) is 18.1. The van der Waals surface area contributed by atoms with E-state index >= 15 is 0 Å². The Hall–Kier alpha value is -0.900. The van der Waals surface area contributed by atoms with Gasteiger partial charge in [-0.05, 0) is 6.92 Å². The van der Waals surface area contributed by atoms with E-state index in [1.54, 1.807) is 4.90 Å². The summed E-state index contributed by atoms with van der Waals surface area (Å²) in [6.45, 7) is 3.94. The van der Waals surface area contributed by atoms with E-state index in [9.17, 15) is 4.79 Å². The van der Waals surface area contributed by atoms with E-state index in [0.717, 1.165) is 0 Å². The van der Waals surface area contributed by atoms with E-state index in [2.05, 4.69) is 0 Å².